The highest BCUT2D eigenvalue weighted by Crippen LogP contribution is 2.31. The Morgan fingerprint density at radius 2 is 2.15 bits per heavy atom. The van der Waals surface area contributed by atoms with Gasteiger partial charge in [0.2, 0.25) is 0 Å². The van der Waals surface area contributed by atoms with Crippen molar-refractivity contribution in [3.63, 3.8) is 0 Å². The Balaban J connectivity index is 1.56. The van der Waals surface area contributed by atoms with Gasteiger partial charge < -0.3 is 15.0 Å². The summed E-state index contributed by atoms with van der Waals surface area (Å²) < 4.78 is 2.06. The molecule has 0 spiro atoms. The van der Waals surface area contributed by atoms with Crippen molar-refractivity contribution in [1.29, 1.82) is 0 Å². The normalized spacial score (nSPS) is 28.1. The molecule has 2 aromatic rings. The summed E-state index contributed by atoms with van der Waals surface area (Å²) >= 11 is 0. The second-order valence-corrected chi connectivity index (χ2v) is 6.12. The van der Waals surface area contributed by atoms with Gasteiger partial charge >= 0.3 is 0 Å². The zero-order chi connectivity index (χ0) is 13.7. The van der Waals surface area contributed by atoms with E-state index in [9.17, 15) is 4.79 Å². The van der Waals surface area contributed by atoms with Crippen molar-refractivity contribution in [2.45, 2.75) is 31.8 Å². The highest BCUT2D eigenvalue weighted by Gasteiger charge is 2.40. The first-order valence-electron chi connectivity index (χ1n) is 7.33. The predicted molar refractivity (Wildman–Crippen MR) is 77.9 cm³/mol. The molecule has 1 aliphatic carbocycles. The summed E-state index contributed by atoms with van der Waals surface area (Å²) in [5.74, 6) is 0.791. The number of nitrogens with one attached hydrogen (secondary N) is 2. The molecule has 3 unspecified atom stereocenters. The minimum absolute atomic E-state index is 0.0411. The summed E-state index contributed by atoms with van der Waals surface area (Å²) in [6.45, 7) is 3.17. The lowest BCUT2D eigenvalue weighted by Crippen LogP contribution is -2.47. The molecule has 4 nitrogen and oxygen atoms in total. The maximum absolute atomic E-state index is 12.4. The Morgan fingerprint density at radius 3 is 2.90 bits per heavy atom. The quantitative estimate of drug-likeness (QED) is 0.872. The summed E-state index contributed by atoms with van der Waals surface area (Å²) in [5, 5.41) is 6.67. The summed E-state index contributed by atoms with van der Waals surface area (Å²) in [7, 11) is 0. The number of aromatic nitrogens is 1. The smallest absolute Gasteiger partial charge is 0.253 e. The largest absolute Gasteiger partial charge is 0.348 e. The molecule has 1 saturated heterocycles. The zero-order valence-electron chi connectivity index (χ0n) is 11.6. The van der Waals surface area contributed by atoms with Crippen molar-refractivity contribution in [1.82, 2.24) is 15.0 Å². The Hall–Kier alpha value is -1.81. The second-order valence-electron chi connectivity index (χ2n) is 6.12. The molecule has 1 aliphatic heterocycles. The maximum atomic E-state index is 12.4. The third-order valence-corrected chi connectivity index (χ3v) is 4.76. The first-order chi connectivity index (χ1) is 9.70. The molecule has 1 saturated carbocycles. The molecule has 2 fully saturated rings. The minimum Gasteiger partial charge on any atom is -0.348 e. The molecule has 4 rings (SSSR count). The second kappa shape index (κ2) is 4.35. The number of carbonyl (C=O) groups is 1. The molecular formula is C16H19N3O. The molecule has 0 radical (unpaired) electrons. The van der Waals surface area contributed by atoms with Crippen molar-refractivity contribution in [2.24, 2.45) is 5.92 Å². The van der Waals surface area contributed by atoms with Crippen LogP contribution >= 0.6 is 0 Å². The average molecular weight is 269 g/mol. The molecular weight excluding hydrogens is 250 g/mol. The highest BCUT2D eigenvalue weighted by atomic mass is 16.1. The number of nitrogens with zero attached hydrogens (tertiary/aromatic N) is 1. The van der Waals surface area contributed by atoms with Crippen LogP contribution in [0.25, 0.3) is 5.52 Å². The van der Waals surface area contributed by atoms with Crippen molar-refractivity contribution in [2.75, 3.05) is 6.54 Å². The van der Waals surface area contributed by atoms with Gasteiger partial charge in [-0.3, -0.25) is 4.79 Å². The number of fused-ring (bicyclic) bond motifs is 3. The number of hydrogen-bond acceptors (Lipinski definition) is 2. The van der Waals surface area contributed by atoms with E-state index in [1.54, 1.807) is 0 Å². The topological polar surface area (TPSA) is 45.5 Å². The Kier molecular flexibility index (Phi) is 2.60. The molecule has 2 aliphatic rings. The predicted octanol–water partition coefficient (Wildman–Crippen LogP) is 1.73. The molecule has 4 heteroatoms. The van der Waals surface area contributed by atoms with Gasteiger partial charge in [-0.05, 0) is 56.5 Å². The van der Waals surface area contributed by atoms with Crippen molar-refractivity contribution in [3.8, 4) is 0 Å². The zero-order valence-corrected chi connectivity index (χ0v) is 11.6. The molecule has 2 bridgehead atoms. The van der Waals surface area contributed by atoms with Crippen LogP contribution in [-0.4, -0.2) is 28.9 Å². The lowest BCUT2D eigenvalue weighted by molar-refractivity contribution is 0.0928. The van der Waals surface area contributed by atoms with E-state index in [-0.39, 0.29) is 5.91 Å². The Labute approximate surface area is 118 Å². The summed E-state index contributed by atoms with van der Waals surface area (Å²) in [6, 6.07) is 8.81. The van der Waals surface area contributed by atoms with Gasteiger partial charge in [-0.1, -0.05) is 0 Å². The number of piperidine rings is 1. The fourth-order valence-electron chi connectivity index (χ4n) is 3.64. The third kappa shape index (κ3) is 1.83. The fraction of sp³-hybridized carbons (Fsp3) is 0.438. The summed E-state index contributed by atoms with van der Waals surface area (Å²) in [4.78, 5) is 12.4. The van der Waals surface area contributed by atoms with Crippen LogP contribution in [0.2, 0.25) is 0 Å². The molecule has 3 heterocycles. The standard InChI is InChI=1S/C16H19N3O/c1-10-2-4-13-5-3-12(9-19(10)13)16(20)18-15-7-11-6-14(15)17-8-11/h2-5,9,11,14-15,17H,6-8H2,1H3,(H,18,20). The molecule has 20 heavy (non-hydrogen) atoms. The van der Waals surface area contributed by atoms with Crippen LogP contribution in [0.3, 0.4) is 0 Å². The van der Waals surface area contributed by atoms with E-state index < -0.39 is 0 Å². The lowest BCUT2D eigenvalue weighted by atomic mass is 10.1. The molecule has 2 N–H and O–H groups in total. The van der Waals surface area contributed by atoms with E-state index >= 15 is 0 Å². The van der Waals surface area contributed by atoms with Crippen LogP contribution in [0, 0.1) is 12.8 Å². The van der Waals surface area contributed by atoms with Gasteiger partial charge in [-0.15, -0.1) is 0 Å². The van der Waals surface area contributed by atoms with Crippen LogP contribution in [-0.2, 0) is 0 Å². The molecule has 0 aromatic carbocycles. The van der Waals surface area contributed by atoms with E-state index in [0.29, 0.717) is 12.1 Å². The summed E-state index contributed by atoms with van der Waals surface area (Å²) in [5.41, 5.74) is 3.01. The number of rotatable bonds is 2. The number of carbonyl (C=O) groups excluding carboxylic acids is 1. The van der Waals surface area contributed by atoms with Crippen molar-refractivity contribution >= 4 is 11.4 Å². The number of hydrogen-bond donors (Lipinski definition) is 2. The van der Waals surface area contributed by atoms with E-state index in [0.717, 1.165) is 35.7 Å². The molecule has 1 amide bonds. The van der Waals surface area contributed by atoms with E-state index in [1.165, 1.54) is 6.42 Å². The fourth-order valence-corrected chi connectivity index (χ4v) is 3.64. The van der Waals surface area contributed by atoms with Crippen LogP contribution < -0.4 is 10.6 Å². The average Bonchev–Trinajstić information content (AvgIpc) is 3.15. The lowest BCUT2D eigenvalue weighted by Gasteiger charge is -2.24. The van der Waals surface area contributed by atoms with Crippen LogP contribution in [0.4, 0.5) is 0 Å². The Bertz CT molecular complexity index is 675. The number of pyridine rings is 1. The number of aryl methyl sites for hydroxylation is 1. The van der Waals surface area contributed by atoms with Crippen molar-refractivity contribution in [3.05, 3.63) is 41.7 Å². The minimum atomic E-state index is 0.0411. The van der Waals surface area contributed by atoms with E-state index in [4.69, 9.17) is 0 Å². The van der Waals surface area contributed by atoms with Crippen LogP contribution in [0.15, 0.2) is 30.5 Å². The monoisotopic (exact) mass is 269 g/mol. The molecule has 104 valence electrons. The SMILES string of the molecule is Cc1ccc2ccc(C(=O)NC3CC4CNC3C4)cn12. The van der Waals surface area contributed by atoms with Gasteiger partial charge in [0.25, 0.3) is 5.91 Å². The number of amides is 1. The van der Waals surface area contributed by atoms with Gasteiger partial charge in [0.1, 0.15) is 0 Å². The van der Waals surface area contributed by atoms with Crippen molar-refractivity contribution < 1.29 is 4.79 Å². The summed E-state index contributed by atoms with van der Waals surface area (Å²) in [6.07, 6.45) is 4.26. The first-order valence-corrected chi connectivity index (χ1v) is 7.33. The van der Waals surface area contributed by atoms with Crippen LogP contribution in [0.1, 0.15) is 28.9 Å². The van der Waals surface area contributed by atoms with Gasteiger partial charge in [0.05, 0.1) is 5.56 Å². The highest BCUT2D eigenvalue weighted by molar-refractivity contribution is 5.94. The third-order valence-electron chi connectivity index (χ3n) is 4.76. The Morgan fingerprint density at radius 1 is 1.30 bits per heavy atom. The van der Waals surface area contributed by atoms with Crippen LogP contribution in [0.5, 0.6) is 0 Å². The maximum Gasteiger partial charge on any atom is 0.253 e. The van der Waals surface area contributed by atoms with Gasteiger partial charge in [-0.25, -0.2) is 0 Å². The van der Waals surface area contributed by atoms with E-state index in [2.05, 4.69) is 34.1 Å². The van der Waals surface area contributed by atoms with Gasteiger partial charge in [-0.2, -0.15) is 0 Å². The molecule has 2 aromatic heterocycles. The van der Waals surface area contributed by atoms with E-state index in [1.807, 2.05) is 18.3 Å². The van der Waals surface area contributed by atoms with Gasteiger partial charge in [0.15, 0.2) is 0 Å². The first kappa shape index (κ1) is 12.0. The molecule has 3 atom stereocenters. The van der Waals surface area contributed by atoms with Gasteiger partial charge in [0, 0.05) is 29.5 Å².